The van der Waals surface area contributed by atoms with Gasteiger partial charge in [0.15, 0.2) is 0 Å². The van der Waals surface area contributed by atoms with Crippen molar-refractivity contribution in [1.29, 1.82) is 0 Å². The molecule has 0 heterocycles. The lowest BCUT2D eigenvalue weighted by Gasteiger charge is -2.10. The van der Waals surface area contributed by atoms with E-state index in [1.54, 1.807) is 14.2 Å². The Morgan fingerprint density at radius 1 is 1.47 bits per heavy atom. The van der Waals surface area contributed by atoms with E-state index in [0.717, 1.165) is 0 Å². The topological polar surface area (TPSA) is 87.7 Å². The van der Waals surface area contributed by atoms with Crippen molar-refractivity contribution < 1.29 is 19.4 Å². The van der Waals surface area contributed by atoms with Crippen molar-refractivity contribution >= 4 is 11.9 Å². The molecule has 0 radical (unpaired) electrons. The van der Waals surface area contributed by atoms with Crippen LogP contribution in [0.5, 0.6) is 0 Å². The summed E-state index contributed by atoms with van der Waals surface area (Å²) in [5.41, 5.74) is 0. The molecule has 0 saturated heterocycles. The van der Waals surface area contributed by atoms with Crippen molar-refractivity contribution in [1.82, 2.24) is 10.6 Å². The maximum absolute atomic E-state index is 11.2. The molecule has 0 fully saturated rings. The van der Waals surface area contributed by atoms with Crippen molar-refractivity contribution in [3.05, 3.63) is 0 Å². The van der Waals surface area contributed by atoms with Crippen molar-refractivity contribution in [2.24, 2.45) is 0 Å². The summed E-state index contributed by atoms with van der Waals surface area (Å²) >= 11 is 0. The van der Waals surface area contributed by atoms with E-state index in [1.165, 1.54) is 0 Å². The molecule has 88 valence electrons. The minimum Gasteiger partial charge on any atom is -0.480 e. The normalized spacial score (nSPS) is 12.1. The minimum atomic E-state index is -0.942. The van der Waals surface area contributed by atoms with Crippen LogP contribution in [0, 0.1) is 0 Å². The number of methoxy groups -OCH3 is 1. The molecular weight excluding hydrogens is 200 g/mol. The zero-order chi connectivity index (χ0) is 11.7. The zero-order valence-electron chi connectivity index (χ0n) is 9.08. The second kappa shape index (κ2) is 8.19. The number of ether oxygens (including phenoxy) is 1. The highest BCUT2D eigenvalue weighted by atomic mass is 16.5. The number of hydrogen-bond acceptors (Lipinski definition) is 4. The first-order valence-corrected chi connectivity index (χ1v) is 4.77. The molecule has 0 aliphatic rings. The van der Waals surface area contributed by atoms with Crippen LogP contribution in [0.25, 0.3) is 0 Å². The van der Waals surface area contributed by atoms with E-state index in [0.29, 0.717) is 13.2 Å². The number of hydrogen-bond donors (Lipinski definition) is 3. The number of carbonyl (C=O) groups is 2. The average molecular weight is 218 g/mol. The number of likely N-dealkylation sites (N-methyl/N-ethyl adjacent to an activating group) is 1. The van der Waals surface area contributed by atoms with Crippen LogP contribution in [0.4, 0.5) is 0 Å². The van der Waals surface area contributed by atoms with Gasteiger partial charge in [-0.15, -0.1) is 0 Å². The minimum absolute atomic E-state index is 0.159. The van der Waals surface area contributed by atoms with Crippen molar-refractivity contribution in [2.45, 2.75) is 18.9 Å². The summed E-state index contributed by atoms with van der Waals surface area (Å²) in [5, 5.41) is 13.9. The molecule has 1 atom stereocenters. The Hall–Kier alpha value is -1.14. The van der Waals surface area contributed by atoms with Crippen LogP contribution in [-0.4, -0.2) is 50.3 Å². The summed E-state index contributed by atoms with van der Waals surface area (Å²) in [6.45, 7) is 0.909. The van der Waals surface area contributed by atoms with Crippen LogP contribution in [0.1, 0.15) is 12.8 Å². The van der Waals surface area contributed by atoms with Gasteiger partial charge in [-0.1, -0.05) is 0 Å². The van der Waals surface area contributed by atoms with Gasteiger partial charge in [-0.05, 0) is 13.5 Å². The second-order valence-corrected chi connectivity index (χ2v) is 3.06. The van der Waals surface area contributed by atoms with Crippen LogP contribution in [0.2, 0.25) is 0 Å². The third-order valence-corrected chi connectivity index (χ3v) is 1.93. The summed E-state index contributed by atoms with van der Waals surface area (Å²) < 4.78 is 4.76. The van der Waals surface area contributed by atoms with Gasteiger partial charge in [0.1, 0.15) is 6.04 Å². The molecule has 1 amide bonds. The lowest BCUT2D eigenvalue weighted by atomic mass is 10.1. The lowest BCUT2D eigenvalue weighted by Crippen LogP contribution is -2.36. The summed E-state index contributed by atoms with van der Waals surface area (Å²) in [6, 6.07) is -0.668. The Bertz CT molecular complexity index is 208. The van der Waals surface area contributed by atoms with Gasteiger partial charge in [0.05, 0.1) is 6.61 Å². The molecule has 0 bridgehead atoms. The number of carboxylic acids is 1. The number of rotatable bonds is 8. The maximum Gasteiger partial charge on any atom is 0.320 e. The molecule has 0 spiro atoms. The fraction of sp³-hybridized carbons (Fsp3) is 0.778. The van der Waals surface area contributed by atoms with E-state index in [4.69, 9.17) is 9.84 Å². The predicted octanol–water partition coefficient (Wildman–Crippen LogP) is -0.798. The Morgan fingerprint density at radius 2 is 2.13 bits per heavy atom. The van der Waals surface area contributed by atoms with E-state index in [2.05, 4.69) is 10.6 Å². The van der Waals surface area contributed by atoms with Crippen LogP contribution < -0.4 is 10.6 Å². The zero-order valence-corrected chi connectivity index (χ0v) is 9.08. The number of nitrogens with one attached hydrogen (secondary N) is 2. The van der Waals surface area contributed by atoms with Gasteiger partial charge < -0.3 is 20.5 Å². The molecule has 6 nitrogen and oxygen atoms in total. The third-order valence-electron chi connectivity index (χ3n) is 1.93. The van der Waals surface area contributed by atoms with E-state index >= 15 is 0 Å². The molecule has 0 aliphatic carbocycles. The molecule has 6 heteroatoms. The average Bonchev–Trinajstić information content (AvgIpc) is 2.18. The van der Waals surface area contributed by atoms with Gasteiger partial charge >= 0.3 is 5.97 Å². The second-order valence-electron chi connectivity index (χ2n) is 3.06. The molecule has 0 saturated carbocycles. The van der Waals surface area contributed by atoms with Gasteiger partial charge in [0, 0.05) is 20.1 Å². The van der Waals surface area contributed by atoms with Gasteiger partial charge in [0.2, 0.25) is 5.91 Å². The molecule has 0 rings (SSSR count). The van der Waals surface area contributed by atoms with Gasteiger partial charge in [-0.25, -0.2) is 0 Å². The monoisotopic (exact) mass is 218 g/mol. The first-order valence-electron chi connectivity index (χ1n) is 4.77. The summed E-state index contributed by atoms with van der Waals surface area (Å²) in [4.78, 5) is 21.8. The summed E-state index contributed by atoms with van der Waals surface area (Å²) in [6.07, 6.45) is 0.478. The Kier molecular flexibility index (Phi) is 7.57. The van der Waals surface area contributed by atoms with Crippen LogP contribution in [0.15, 0.2) is 0 Å². The lowest BCUT2D eigenvalue weighted by molar-refractivity contribution is -0.139. The fourth-order valence-electron chi connectivity index (χ4n) is 1.05. The first-order chi connectivity index (χ1) is 7.11. The van der Waals surface area contributed by atoms with E-state index in [9.17, 15) is 9.59 Å². The fourth-order valence-corrected chi connectivity index (χ4v) is 1.05. The number of carbonyl (C=O) groups excluding carboxylic acids is 1. The maximum atomic E-state index is 11.2. The van der Waals surface area contributed by atoms with Crippen molar-refractivity contribution in [2.75, 3.05) is 27.3 Å². The molecule has 3 N–H and O–H groups in total. The predicted molar refractivity (Wildman–Crippen MR) is 54.6 cm³/mol. The Morgan fingerprint density at radius 3 is 2.60 bits per heavy atom. The quantitative estimate of drug-likeness (QED) is 0.464. The van der Waals surface area contributed by atoms with Gasteiger partial charge in [-0.3, -0.25) is 9.59 Å². The number of carboxylic acid groups (broad SMARTS) is 1. The van der Waals surface area contributed by atoms with Crippen LogP contribution >= 0.6 is 0 Å². The highest BCUT2D eigenvalue weighted by Gasteiger charge is 2.15. The van der Waals surface area contributed by atoms with Crippen LogP contribution in [0.3, 0.4) is 0 Å². The largest absolute Gasteiger partial charge is 0.480 e. The molecule has 0 aromatic carbocycles. The standard InChI is InChI=1S/C9H18N2O4/c1-10-7(9(13)14)3-4-8(12)11-5-6-15-2/h7,10H,3-6H2,1-2H3,(H,11,12)(H,13,14)/t7-/m0/s1. The highest BCUT2D eigenvalue weighted by Crippen LogP contribution is 1.96. The summed E-state index contributed by atoms with van der Waals surface area (Å²) in [5.74, 6) is -1.10. The Labute approximate surface area is 89.0 Å². The smallest absolute Gasteiger partial charge is 0.320 e. The molecule has 0 unspecified atom stereocenters. The summed E-state index contributed by atoms with van der Waals surface area (Å²) in [7, 11) is 3.11. The number of aliphatic carboxylic acids is 1. The first kappa shape index (κ1) is 13.9. The van der Waals surface area contributed by atoms with Gasteiger partial charge in [0.25, 0.3) is 0 Å². The van der Waals surface area contributed by atoms with E-state index < -0.39 is 12.0 Å². The molecular formula is C9H18N2O4. The Balaban J connectivity index is 3.64. The van der Waals surface area contributed by atoms with E-state index in [-0.39, 0.29) is 18.7 Å². The molecule has 15 heavy (non-hydrogen) atoms. The molecule has 0 aromatic rings. The number of amides is 1. The van der Waals surface area contributed by atoms with Crippen molar-refractivity contribution in [3.63, 3.8) is 0 Å². The highest BCUT2D eigenvalue weighted by molar-refractivity contribution is 5.78. The van der Waals surface area contributed by atoms with Gasteiger partial charge in [-0.2, -0.15) is 0 Å². The third kappa shape index (κ3) is 6.87. The van der Waals surface area contributed by atoms with E-state index in [1.807, 2.05) is 0 Å². The molecule has 0 aromatic heterocycles. The SMILES string of the molecule is CN[C@@H](CCC(=O)NCCOC)C(=O)O. The van der Waals surface area contributed by atoms with Crippen molar-refractivity contribution in [3.8, 4) is 0 Å². The molecule has 0 aliphatic heterocycles. The van der Waals surface area contributed by atoms with Crippen LogP contribution in [-0.2, 0) is 14.3 Å².